The third-order valence-corrected chi connectivity index (χ3v) is 11.6. The zero-order chi connectivity index (χ0) is 38.3. The second-order valence-corrected chi connectivity index (χ2v) is 15.0. The smallest absolute Gasteiger partial charge is 0.226 e. The Morgan fingerprint density at radius 2 is 0.603 bits per heavy atom. The monoisotopic (exact) mass is 762 g/mol. The third kappa shape index (κ3) is 4.95. The quantitative estimate of drug-likeness (QED) is 0.175. The number of fused-ring (bicyclic) bond motifs is 9. The fraction of sp³-hybridized carbons (Fsp3) is 0. The van der Waals surface area contributed by atoms with Crippen LogP contribution in [0, 0.1) is 0 Å². The molecule has 0 radical (unpaired) electrons. The first-order chi connectivity index (χ1) is 28.7. The van der Waals surface area contributed by atoms with Gasteiger partial charge in [0.15, 0.2) is 11.6 Å². The van der Waals surface area contributed by atoms with Crippen molar-refractivity contribution in [2.45, 2.75) is 0 Å². The van der Waals surface area contributed by atoms with E-state index in [1.807, 2.05) is 0 Å². The van der Waals surface area contributed by atoms with Gasteiger partial charge in [-0.3, -0.25) is 0 Å². The summed E-state index contributed by atoms with van der Waals surface area (Å²) in [6.45, 7) is 0. The van der Waals surface area contributed by atoms with Gasteiger partial charge in [0.25, 0.3) is 0 Å². The second kappa shape index (κ2) is 12.7. The van der Waals surface area contributed by atoms with Crippen LogP contribution in [0.1, 0.15) is 0 Å². The minimum atomic E-state index is 0.132. The SMILES string of the molecule is Clc1nc(-c2ccc(-n3c4ccccc4c4ccccc43)cc2)nc(-c2cc(-n3c4ccccc4c4ccccc43)cc(-n3c4ccccc4c4ccccc43)c2)n1. The number of hydrogen-bond donors (Lipinski definition) is 0. The van der Waals surface area contributed by atoms with Gasteiger partial charge in [-0.05, 0) is 90.5 Å². The van der Waals surface area contributed by atoms with Gasteiger partial charge in [-0.1, -0.05) is 109 Å². The molecule has 0 aliphatic carbocycles. The van der Waals surface area contributed by atoms with Crippen LogP contribution in [-0.4, -0.2) is 28.7 Å². The molecule has 12 aromatic rings. The molecular weight excluding hydrogens is 732 g/mol. The predicted molar refractivity (Wildman–Crippen MR) is 239 cm³/mol. The molecule has 0 fully saturated rings. The number of aromatic nitrogens is 6. The van der Waals surface area contributed by atoms with Gasteiger partial charge in [-0.15, -0.1) is 0 Å². The lowest BCUT2D eigenvalue weighted by atomic mass is 10.1. The van der Waals surface area contributed by atoms with Crippen molar-refractivity contribution in [3.63, 3.8) is 0 Å². The van der Waals surface area contributed by atoms with E-state index in [0.29, 0.717) is 11.6 Å². The van der Waals surface area contributed by atoms with Crippen LogP contribution >= 0.6 is 11.6 Å². The molecule has 58 heavy (non-hydrogen) atoms. The fourth-order valence-electron chi connectivity index (χ4n) is 8.95. The van der Waals surface area contributed by atoms with Crippen LogP contribution in [0.4, 0.5) is 0 Å². The minimum absolute atomic E-state index is 0.132. The van der Waals surface area contributed by atoms with E-state index < -0.39 is 0 Å². The average Bonchev–Trinajstić information content (AvgIpc) is 3.92. The number of benzene rings is 8. The van der Waals surface area contributed by atoms with Gasteiger partial charge in [0, 0.05) is 60.5 Å². The molecule has 0 amide bonds. The summed E-state index contributed by atoms with van der Waals surface area (Å²) in [4.78, 5) is 14.6. The molecule has 272 valence electrons. The van der Waals surface area contributed by atoms with Crippen LogP contribution in [0.2, 0.25) is 5.28 Å². The predicted octanol–water partition coefficient (Wildman–Crippen LogP) is 13.2. The van der Waals surface area contributed by atoms with Crippen LogP contribution in [0.25, 0.3) is 105 Å². The van der Waals surface area contributed by atoms with E-state index in [-0.39, 0.29) is 5.28 Å². The molecule has 0 atom stereocenters. The standard InChI is InChI=1S/C51H31ClN6/c52-51-54-49(32-25-27-34(28-26-32)56-43-19-7-1-13-37(43)38-14-2-8-20-44(38)56)53-50(55-51)33-29-35(57-45-21-9-3-15-39(45)40-16-4-10-22-46(40)57)31-36(30-33)58-47-23-11-5-17-41(47)42-18-6-12-24-48(42)58/h1-31H. The van der Waals surface area contributed by atoms with Gasteiger partial charge in [0.1, 0.15) is 0 Å². The highest BCUT2D eigenvalue weighted by molar-refractivity contribution is 6.28. The van der Waals surface area contributed by atoms with Crippen LogP contribution in [0.3, 0.4) is 0 Å². The maximum Gasteiger partial charge on any atom is 0.226 e. The Balaban J connectivity index is 1.06. The molecule has 0 spiro atoms. The van der Waals surface area contributed by atoms with Crippen molar-refractivity contribution < 1.29 is 0 Å². The lowest BCUT2D eigenvalue weighted by molar-refractivity contribution is 1.06. The number of rotatable bonds is 5. The van der Waals surface area contributed by atoms with Crippen LogP contribution in [0.5, 0.6) is 0 Å². The second-order valence-electron chi connectivity index (χ2n) is 14.6. The highest BCUT2D eigenvalue weighted by atomic mass is 35.5. The summed E-state index contributed by atoms with van der Waals surface area (Å²) in [7, 11) is 0. The van der Waals surface area contributed by atoms with Crippen LogP contribution < -0.4 is 0 Å². The molecule has 0 bridgehead atoms. The number of hydrogen-bond acceptors (Lipinski definition) is 3. The Morgan fingerprint density at radius 3 is 0.966 bits per heavy atom. The van der Waals surface area contributed by atoms with Gasteiger partial charge in [0.05, 0.1) is 33.1 Å². The normalized spacial score (nSPS) is 11.9. The average molecular weight is 763 g/mol. The highest BCUT2D eigenvalue weighted by Crippen LogP contribution is 2.38. The summed E-state index contributed by atoms with van der Waals surface area (Å²) in [5, 5.41) is 7.34. The molecule has 0 saturated heterocycles. The van der Waals surface area contributed by atoms with Gasteiger partial charge < -0.3 is 13.7 Å². The lowest BCUT2D eigenvalue weighted by Crippen LogP contribution is -2.02. The van der Waals surface area contributed by atoms with Crippen molar-refractivity contribution in [1.82, 2.24) is 28.7 Å². The zero-order valence-electron chi connectivity index (χ0n) is 31.0. The van der Waals surface area contributed by atoms with E-state index in [1.54, 1.807) is 0 Å². The molecule has 12 rings (SSSR count). The molecule has 0 unspecified atom stereocenters. The van der Waals surface area contributed by atoms with Crippen molar-refractivity contribution in [2.24, 2.45) is 0 Å². The minimum Gasteiger partial charge on any atom is -0.309 e. The number of halogens is 1. The van der Waals surface area contributed by atoms with Gasteiger partial charge in [-0.2, -0.15) is 9.97 Å². The maximum atomic E-state index is 6.81. The Bertz CT molecular complexity index is 3300. The Morgan fingerprint density at radius 1 is 0.293 bits per heavy atom. The summed E-state index contributed by atoms with van der Waals surface area (Å²) in [6.07, 6.45) is 0. The summed E-state index contributed by atoms with van der Waals surface area (Å²) >= 11 is 6.81. The first-order valence-corrected chi connectivity index (χ1v) is 19.7. The molecule has 0 N–H and O–H groups in total. The molecule has 8 aromatic carbocycles. The number of para-hydroxylation sites is 6. The van der Waals surface area contributed by atoms with E-state index in [1.165, 1.54) is 32.3 Å². The Kier molecular flexibility index (Phi) is 7.18. The largest absolute Gasteiger partial charge is 0.309 e. The topological polar surface area (TPSA) is 53.5 Å². The van der Waals surface area contributed by atoms with Crippen molar-refractivity contribution in [2.75, 3.05) is 0 Å². The van der Waals surface area contributed by atoms with E-state index >= 15 is 0 Å². The van der Waals surface area contributed by atoms with Crippen molar-refractivity contribution >= 4 is 77.0 Å². The van der Waals surface area contributed by atoms with Crippen molar-refractivity contribution in [3.05, 3.63) is 193 Å². The van der Waals surface area contributed by atoms with Gasteiger partial charge >= 0.3 is 0 Å². The Labute approximate surface area is 337 Å². The zero-order valence-corrected chi connectivity index (χ0v) is 31.7. The summed E-state index contributed by atoms with van der Waals surface area (Å²) in [5.74, 6) is 0.996. The fourth-order valence-corrected chi connectivity index (χ4v) is 9.11. The molecule has 4 aromatic heterocycles. The third-order valence-electron chi connectivity index (χ3n) is 11.4. The van der Waals surface area contributed by atoms with E-state index in [9.17, 15) is 0 Å². The number of nitrogens with zero attached hydrogens (tertiary/aromatic N) is 6. The van der Waals surface area contributed by atoms with E-state index in [4.69, 9.17) is 21.6 Å². The molecule has 4 heterocycles. The lowest BCUT2D eigenvalue weighted by Gasteiger charge is -2.15. The van der Waals surface area contributed by atoms with Crippen LogP contribution in [-0.2, 0) is 0 Å². The molecule has 0 aliphatic rings. The van der Waals surface area contributed by atoms with Gasteiger partial charge in [0.2, 0.25) is 5.28 Å². The first-order valence-electron chi connectivity index (χ1n) is 19.3. The van der Waals surface area contributed by atoms with Crippen molar-refractivity contribution in [1.29, 1.82) is 0 Å². The first kappa shape index (κ1) is 32.7. The maximum absolute atomic E-state index is 6.81. The molecule has 7 heteroatoms. The summed E-state index contributed by atoms with van der Waals surface area (Å²) in [6, 6.07) is 66.3. The molecular formula is C51H31ClN6. The van der Waals surface area contributed by atoms with Gasteiger partial charge in [-0.25, -0.2) is 4.98 Å². The molecule has 6 nitrogen and oxygen atoms in total. The van der Waals surface area contributed by atoms with Crippen molar-refractivity contribution in [3.8, 4) is 39.8 Å². The Hall–Kier alpha value is -7.54. The van der Waals surface area contributed by atoms with E-state index in [2.05, 4.69) is 207 Å². The molecule has 0 aliphatic heterocycles. The summed E-state index contributed by atoms with van der Waals surface area (Å²) in [5.41, 5.74) is 11.5. The summed E-state index contributed by atoms with van der Waals surface area (Å²) < 4.78 is 6.97. The highest BCUT2D eigenvalue weighted by Gasteiger charge is 2.19. The van der Waals surface area contributed by atoms with Crippen LogP contribution in [0.15, 0.2) is 188 Å². The molecule has 0 saturated carbocycles. The van der Waals surface area contributed by atoms with E-state index in [0.717, 1.165) is 61.3 Å².